The number of hydrogen-bond acceptors (Lipinski definition) is 6. The van der Waals surface area contributed by atoms with Crippen LogP contribution in [0, 0.1) is 17.8 Å². The summed E-state index contributed by atoms with van der Waals surface area (Å²) in [5.74, 6) is -4.93. The molecule has 4 saturated carbocycles. The van der Waals surface area contributed by atoms with Crippen molar-refractivity contribution in [2.75, 3.05) is 13.6 Å². The highest BCUT2D eigenvalue weighted by Gasteiger charge is 2.42. The molecule has 2 atom stereocenters. The van der Waals surface area contributed by atoms with E-state index >= 15 is 0 Å². The number of halogens is 8. The molecule has 2 heterocycles. The molecular weight excluding hydrogens is 754 g/mol. The quantitative estimate of drug-likeness (QED) is 0.208. The third-order valence-electron chi connectivity index (χ3n) is 12.2. The first-order valence-corrected chi connectivity index (χ1v) is 19.3. The molecule has 2 N–H and O–H groups in total. The summed E-state index contributed by atoms with van der Waals surface area (Å²) in [4.78, 5) is 34.4. The average Bonchev–Trinajstić information content (AvgIpc) is 3.49. The number of rotatable bonds is 9. The lowest BCUT2D eigenvalue weighted by atomic mass is 9.66. The SMILES string of the molecule is CN(CC(F)(F)F)C1CCC(Oc2ccc3c(-c4ncc(C(=O)NC5CC6CC(C5)CC(C(=O)O)C6)c(C(F)(F)F)n4)cn(C4CCC(F)(F)CC4)c3c2)CC1. The highest BCUT2D eigenvalue weighted by atomic mass is 19.4. The highest BCUT2D eigenvalue weighted by molar-refractivity contribution is 5.97. The molecule has 7 rings (SSSR count). The van der Waals surface area contributed by atoms with Gasteiger partial charge in [0.25, 0.3) is 5.91 Å². The summed E-state index contributed by atoms with van der Waals surface area (Å²) in [5, 5.41) is 12.7. The number of carboxylic acids is 1. The minimum absolute atomic E-state index is 0.0434. The van der Waals surface area contributed by atoms with Crippen LogP contribution in [0.2, 0.25) is 0 Å². The number of nitrogens with zero attached hydrogens (tertiary/aromatic N) is 4. The van der Waals surface area contributed by atoms with Crippen LogP contribution in [0.4, 0.5) is 35.1 Å². The Balaban J connectivity index is 1.14. The van der Waals surface area contributed by atoms with E-state index in [1.807, 2.05) is 0 Å². The molecule has 17 heteroatoms. The van der Waals surface area contributed by atoms with Gasteiger partial charge in [-0.15, -0.1) is 0 Å². The fourth-order valence-corrected chi connectivity index (χ4v) is 9.62. The zero-order valence-corrected chi connectivity index (χ0v) is 30.8. The van der Waals surface area contributed by atoms with Crippen molar-refractivity contribution in [1.82, 2.24) is 24.8 Å². The van der Waals surface area contributed by atoms with Crippen LogP contribution in [0.3, 0.4) is 0 Å². The predicted octanol–water partition coefficient (Wildman–Crippen LogP) is 9.06. The molecule has 3 aromatic rings. The van der Waals surface area contributed by atoms with Gasteiger partial charge >= 0.3 is 18.3 Å². The standard InChI is InChI=1S/C39H45F8N5O4/c1-51(20-38(42,43)44)25-2-4-27(5-3-25)56-28-6-7-29-31(19-52(32(29)17-28)26-8-10-37(40,41)11-9-26)34-48-18-30(33(50-34)39(45,46)47)35(53)49-24-15-21-12-22(16-24)14-23(13-21)36(54)55/h6-7,17-19,21-27H,2-5,8-16,20H2,1H3,(H,49,53)(H,54,55). The summed E-state index contributed by atoms with van der Waals surface area (Å²) in [6.45, 7) is -1.00. The van der Waals surface area contributed by atoms with Gasteiger partial charge in [0.05, 0.1) is 29.6 Å². The first kappa shape index (κ1) is 40.2. The van der Waals surface area contributed by atoms with E-state index < -0.39 is 66.0 Å². The van der Waals surface area contributed by atoms with Crippen molar-refractivity contribution < 1.29 is 54.6 Å². The molecule has 1 amide bonds. The van der Waals surface area contributed by atoms with Crippen LogP contribution >= 0.6 is 0 Å². The van der Waals surface area contributed by atoms with Crippen LogP contribution in [-0.2, 0) is 11.0 Å². The third kappa shape index (κ3) is 9.07. The van der Waals surface area contributed by atoms with Crippen LogP contribution in [-0.4, -0.2) is 80.3 Å². The number of carboxylic acid groups (broad SMARTS) is 1. The Morgan fingerprint density at radius 1 is 0.964 bits per heavy atom. The van der Waals surface area contributed by atoms with Crippen molar-refractivity contribution in [3.63, 3.8) is 0 Å². The minimum atomic E-state index is -5.03. The molecular formula is C39H45F8N5O4. The summed E-state index contributed by atoms with van der Waals surface area (Å²) in [6.07, 6.45) is -3.02. The van der Waals surface area contributed by atoms with Crippen LogP contribution in [0.25, 0.3) is 22.3 Å². The number of aromatic nitrogens is 3. The summed E-state index contributed by atoms with van der Waals surface area (Å²) >= 11 is 0. The van der Waals surface area contributed by atoms with Gasteiger partial charge in [-0.05, 0) is 102 Å². The second-order valence-corrected chi connectivity index (χ2v) is 16.4. The predicted molar refractivity (Wildman–Crippen MR) is 188 cm³/mol. The van der Waals surface area contributed by atoms with Crippen molar-refractivity contribution in [3.8, 4) is 17.1 Å². The smallest absolute Gasteiger partial charge is 0.434 e. The number of fused-ring (bicyclic) bond motifs is 3. The highest BCUT2D eigenvalue weighted by Crippen LogP contribution is 2.45. The topological polar surface area (TPSA) is 110 Å². The number of alkyl halides is 8. The number of carbonyl (C=O) groups excluding carboxylic acids is 1. The number of ether oxygens (including phenoxy) is 1. The second-order valence-electron chi connectivity index (χ2n) is 16.4. The zero-order chi connectivity index (χ0) is 40.2. The van der Waals surface area contributed by atoms with Crippen LogP contribution in [0.15, 0.2) is 30.6 Å². The maximum absolute atomic E-state index is 14.6. The van der Waals surface area contributed by atoms with Gasteiger partial charge in [0, 0.05) is 60.4 Å². The molecule has 2 aromatic heterocycles. The van der Waals surface area contributed by atoms with E-state index in [1.54, 1.807) is 29.0 Å². The Morgan fingerprint density at radius 2 is 1.62 bits per heavy atom. The number of nitrogens with one attached hydrogen (secondary N) is 1. The maximum Gasteiger partial charge on any atom is 0.434 e. The molecule has 56 heavy (non-hydrogen) atoms. The van der Waals surface area contributed by atoms with Gasteiger partial charge < -0.3 is 19.7 Å². The molecule has 0 aliphatic heterocycles. The van der Waals surface area contributed by atoms with E-state index in [0.29, 0.717) is 68.0 Å². The van der Waals surface area contributed by atoms with Gasteiger partial charge in [-0.25, -0.2) is 18.7 Å². The van der Waals surface area contributed by atoms with E-state index in [1.165, 1.54) is 11.9 Å². The maximum atomic E-state index is 14.6. The Labute approximate surface area is 318 Å². The summed E-state index contributed by atoms with van der Waals surface area (Å²) < 4.78 is 119. The third-order valence-corrected chi connectivity index (χ3v) is 12.2. The average molecular weight is 800 g/mol. The van der Waals surface area contributed by atoms with Gasteiger partial charge in [0.1, 0.15) is 5.75 Å². The van der Waals surface area contributed by atoms with Gasteiger partial charge in [-0.1, -0.05) is 0 Å². The Kier molecular flexibility index (Phi) is 11.0. The van der Waals surface area contributed by atoms with E-state index in [-0.39, 0.29) is 61.1 Å². The van der Waals surface area contributed by atoms with Gasteiger partial charge in [-0.3, -0.25) is 14.5 Å². The molecule has 4 aliphatic carbocycles. The van der Waals surface area contributed by atoms with Crippen molar-refractivity contribution >= 4 is 22.8 Å². The first-order valence-electron chi connectivity index (χ1n) is 19.3. The van der Waals surface area contributed by atoms with Crippen molar-refractivity contribution in [3.05, 3.63) is 41.9 Å². The Hall–Kier alpha value is -4.02. The van der Waals surface area contributed by atoms with E-state index in [9.17, 15) is 49.8 Å². The van der Waals surface area contributed by atoms with E-state index in [4.69, 9.17) is 4.74 Å². The number of benzene rings is 1. The summed E-state index contributed by atoms with van der Waals surface area (Å²) in [6, 6.07) is 3.89. The number of aliphatic carboxylic acids is 1. The van der Waals surface area contributed by atoms with Crippen LogP contribution < -0.4 is 10.1 Å². The lowest BCUT2D eigenvalue weighted by molar-refractivity contribution is -0.149. The summed E-state index contributed by atoms with van der Waals surface area (Å²) in [7, 11) is 1.45. The normalized spacial score (nSPS) is 27.3. The van der Waals surface area contributed by atoms with Crippen LogP contribution in [0.1, 0.15) is 106 Å². The van der Waals surface area contributed by atoms with Gasteiger partial charge in [0.2, 0.25) is 5.92 Å². The molecule has 1 aromatic carbocycles. The molecule has 0 spiro atoms. The van der Waals surface area contributed by atoms with E-state index in [2.05, 4.69) is 15.3 Å². The number of carbonyl (C=O) groups is 2. The van der Waals surface area contributed by atoms with E-state index in [0.717, 1.165) is 12.6 Å². The largest absolute Gasteiger partial charge is 0.490 e. The molecule has 4 fully saturated rings. The van der Waals surface area contributed by atoms with Crippen molar-refractivity contribution in [2.45, 2.75) is 126 Å². The lowest BCUT2D eigenvalue weighted by Crippen LogP contribution is -2.44. The molecule has 9 nitrogen and oxygen atoms in total. The molecule has 4 aliphatic rings. The molecule has 0 saturated heterocycles. The Bertz CT molecular complexity index is 1900. The van der Waals surface area contributed by atoms with Crippen molar-refractivity contribution in [2.24, 2.45) is 17.8 Å². The first-order chi connectivity index (χ1) is 26.3. The summed E-state index contributed by atoms with van der Waals surface area (Å²) in [5.41, 5.74) is -1.44. The van der Waals surface area contributed by atoms with Gasteiger partial charge in [0.15, 0.2) is 11.5 Å². The van der Waals surface area contributed by atoms with Crippen LogP contribution in [0.5, 0.6) is 5.75 Å². The molecule has 306 valence electrons. The molecule has 2 bridgehead atoms. The van der Waals surface area contributed by atoms with Gasteiger partial charge in [-0.2, -0.15) is 26.3 Å². The fraction of sp³-hybridized carbons (Fsp3) is 0.641. The van der Waals surface area contributed by atoms with Crippen molar-refractivity contribution in [1.29, 1.82) is 0 Å². The number of amides is 1. The number of hydrogen-bond donors (Lipinski definition) is 2. The lowest BCUT2D eigenvalue weighted by Gasteiger charge is -2.41. The molecule has 2 unspecified atom stereocenters. The Morgan fingerprint density at radius 3 is 2.23 bits per heavy atom. The monoisotopic (exact) mass is 799 g/mol. The molecule has 0 radical (unpaired) electrons. The fourth-order valence-electron chi connectivity index (χ4n) is 9.62. The second kappa shape index (κ2) is 15.4. The zero-order valence-electron chi connectivity index (χ0n) is 30.8. The minimum Gasteiger partial charge on any atom is -0.490 e.